The van der Waals surface area contributed by atoms with Crippen LogP contribution in [0.2, 0.25) is 0 Å². The molecule has 0 aromatic heterocycles. The number of carbonyl (C=O) groups is 1. The summed E-state index contributed by atoms with van der Waals surface area (Å²) in [6.45, 7) is 0.927. The summed E-state index contributed by atoms with van der Waals surface area (Å²) < 4.78 is 4.98. The molecule has 1 N–H and O–H groups in total. The van der Waals surface area contributed by atoms with Gasteiger partial charge in [0.1, 0.15) is 13.2 Å². The lowest BCUT2D eigenvalue weighted by molar-refractivity contribution is 0.109. The molecule has 0 bridgehead atoms. The molecule has 0 heterocycles. The van der Waals surface area contributed by atoms with E-state index < -0.39 is 6.09 Å². The second-order valence-corrected chi connectivity index (χ2v) is 3.36. The van der Waals surface area contributed by atoms with E-state index in [0.29, 0.717) is 6.54 Å². The largest absolute Gasteiger partial charge is 0.481 e. The van der Waals surface area contributed by atoms with E-state index in [1.54, 1.807) is 7.05 Å². The second kappa shape index (κ2) is 7.19. The molecule has 0 radical (unpaired) electrons. The molecule has 0 saturated heterocycles. The van der Waals surface area contributed by atoms with Crippen LogP contribution in [0.25, 0.3) is 5.08 Å². The zero-order chi connectivity index (χ0) is 12.5. The minimum absolute atomic E-state index is 0.158. The minimum Gasteiger partial charge on any atom is -0.440 e. The van der Waals surface area contributed by atoms with Gasteiger partial charge in [-0.1, -0.05) is 30.3 Å². The number of hydrogen-bond acceptors (Lipinski definition) is 4. The summed E-state index contributed by atoms with van der Waals surface area (Å²) >= 11 is 0. The van der Waals surface area contributed by atoms with Crippen molar-refractivity contribution in [3.05, 3.63) is 41.0 Å². The fourth-order valence-corrected chi connectivity index (χ4v) is 1.18. The van der Waals surface area contributed by atoms with Gasteiger partial charge in [-0.25, -0.2) is 4.79 Å². The van der Waals surface area contributed by atoms with Gasteiger partial charge in [-0.3, -0.25) is 0 Å². The van der Waals surface area contributed by atoms with Crippen molar-refractivity contribution in [2.45, 2.75) is 6.61 Å². The van der Waals surface area contributed by atoms with Crippen LogP contribution in [0.4, 0.5) is 4.79 Å². The summed E-state index contributed by atoms with van der Waals surface area (Å²) in [5.74, 6) is 0. The fourth-order valence-electron chi connectivity index (χ4n) is 1.18. The van der Waals surface area contributed by atoms with Crippen LogP contribution in [-0.2, 0) is 11.3 Å². The van der Waals surface area contributed by atoms with Crippen LogP contribution in [-0.4, -0.2) is 31.2 Å². The van der Waals surface area contributed by atoms with Gasteiger partial charge in [-0.2, -0.15) is 0 Å². The number of benzene rings is 1. The average Bonchev–Trinajstić information content (AvgIpc) is 2.38. The van der Waals surface area contributed by atoms with Crippen molar-refractivity contribution < 1.29 is 9.53 Å². The second-order valence-electron chi connectivity index (χ2n) is 3.36. The van der Waals surface area contributed by atoms with E-state index in [-0.39, 0.29) is 13.2 Å². The lowest BCUT2D eigenvalue weighted by atomic mass is 10.2. The first-order valence-electron chi connectivity index (χ1n) is 5.25. The fraction of sp³-hybridized carbons (Fsp3) is 0.364. The van der Waals surface area contributed by atoms with Crippen molar-refractivity contribution in [3.8, 4) is 0 Å². The van der Waals surface area contributed by atoms with Crippen molar-refractivity contribution in [1.29, 1.82) is 5.39 Å². The van der Waals surface area contributed by atoms with Crippen molar-refractivity contribution in [3.63, 3.8) is 0 Å². The van der Waals surface area contributed by atoms with Gasteiger partial charge in [0.15, 0.2) is 0 Å². The van der Waals surface area contributed by atoms with Crippen LogP contribution in [0, 0.1) is 5.39 Å². The molecule has 1 rings (SSSR count). The predicted molar refractivity (Wildman–Crippen MR) is 62.3 cm³/mol. The lowest BCUT2D eigenvalue weighted by Crippen LogP contribution is -2.31. The van der Waals surface area contributed by atoms with Crippen LogP contribution in [0.3, 0.4) is 0 Å². The summed E-state index contributed by atoms with van der Waals surface area (Å²) in [6, 6.07) is 9.30. The van der Waals surface area contributed by atoms with Crippen molar-refractivity contribution >= 4 is 6.09 Å². The molecular weight excluding hydrogens is 220 g/mol. The molecule has 6 heteroatoms. The van der Waals surface area contributed by atoms with E-state index in [1.165, 1.54) is 0 Å². The number of rotatable bonds is 5. The Balaban J connectivity index is 2.40. The van der Waals surface area contributed by atoms with E-state index in [4.69, 9.17) is 10.1 Å². The highest BCUT2D eigenvalue weighted by Crippen LogP contribution is 2.03. The number of nitrogens with one attached hydrogen (secondary N) is 1. The van der Waals surface area contributed by atoms with Crippen molar-refractivity contribution in [2.24, 2.45) is 0 Å². The minimum atomic E-state index is -0.674. The van der Waals surface area contributed by atoms with E-state index in [2.05, 4.69) is 10.4 Å². The number of carbonyl (C=O) groups excluding carboxylic acids is 1. The zero-order valence-corrected chi connectivity index (χ0v) is 9.67. The molecule has 1 amide bonds. The lowest BCUT2D eigenvalue weighted by Gasteiger charge is -2.05. The number of diazo groups is 1. The first-order valence-corrected chi connectivity index (χ1v) is 5.25. The van der Waals surface area contributed by atoms with Crippen molar-refractivity contribution in [1.82, 2.24) is 10.3 Å². The summed E-state index contributed by atoms with van der Waals surface area (Å²) in [6.07, 6.45) is -0.674. The topological polar surface area (TPSA) is 69.7 Å². The third kappa shape index (κ3) is 4.49. The number of amides is 1. The Bertz CT molecular complexity index is 388. The van der Waals surface area contributed by atoms with Crippen LogP contribution < -0.4 is 5.32 Å². The first kappa shape index (κ1) is 12.9. The highest BCUT2D eigenvalue weighted by molar-refractivity contribution is 5.68. The SMILES string of the molecule is CNCCN([N+]#N)C(=O)OCc1ccccc1. The quantitative estimate of drug-likeness (QED) is 0.621. The summed E-state index contributed by atoms with van der Waals surface area (Å²) in [5, 5.41) is 15.2. The molecule has 0 unspecified atom stereocenters. The Morgan fingerprint density at radius 3 is 2.76 bits per heavy atom. The van der Waals surface area contributed by atoms with Gasteiger partial charge < -0.3 is 10.1 Å². The summed E-state index contributed by atoms with van der Waals surface area (Å²) in [5.41, 5.74) is 0.882. The average molecular weight is 235 g/mol. The van der Waals surface area contributed by atoms with Crippen LogP contribution in [0.1, 0.15) is 5.56 Å². The third-order valence-corrected chi connectivity index (χ3v) is 2.10. The highest BCUT2D eigenvalue weighted by atomic mass is 16.6. The maximum atomic E-state index is 11.5. The molecule has 0 saturated carbocycles. The molecule has 0 atom stereocenters. The molecule has 1 aromatic rings. The number of likely N-dealkylation sites (N-methyl/N-ethyl adjacent to an activating group) is 1. The van der Waals surface area contributed by atoms with Crippen LogP contribution >= 0.6 is 0 Å². The Labute approximate surface area is 99.8 Å². The molecule has 0 aliphatic heterocycles. The maximum Gasteiger partial charge on any atom is 0.481 e. The van der Waals surface area contributed by atoms with Crippen LogP contribution in [0.5, 0.6) is 0 Å². The van der Waals surface area contributed by atoms with Gasteiger partial charge in [0.25, 0.3) is 5.39 Å². The summed E-state index contributed by atoms with van der Waals surface area (Å²) in [7, 11) is 1.74. The van der Waals surface area contributed by atoms with Gasteiger partial charge in [0.05, 0.1) is 5.01 Å². The van der Waals surface area contributed by atoms with Gasteiger partial charge in [0, 0.05) is 6.54 Å². The summed E-state index contributed by atoms with van der Waals surface area (Å²) in [4.78, 5) is 11.5. The maximum absolute atomic E-state index is 11.5. The Hall–Kier alpha value is -2.13. The number of nitrogens with zero attached hydrogens (tertiary/aromatic N) is 3. The van der Waals surface area contributed by atoms with E-state index in [1.807, 2.05) is 30.3 Å². The number of hydrogen-bond donors (Lipinski definition) is 1. The standard InChI is InChI=1S/C11H15N4O2/c1-13-7-8-15(14-12)11(16)17-9-10-5-3-2-4-6-10/h2-6,13H,7-9H2,1H3/q+1. The van der Waals surface area contributed by atoms with Gasteiger partial charge in [-0.15, -0.1) is 0 Å². The molecule has 0 aliphatic carbocycles. The monoisotopic (exact) mass is 235 g/mol. The predicted octanol–water partition coefficient (Wildman–Crippen LogP) is 1.61. The van der Waals surface area contributed by atoms with Gasteiger partial charge >= 0.3 is 11.2 Å². The Kier molecular flexibility index (Phi) is 5.47. The molecule has 6 nitrogen and oxygen atoms in total. The van der Waals surface area contributed by atoms with E-state index in [0.717, 1.165) is 10.6 Å². The molecular formula is C11H15N4O2+. The normalized spacial score (nSPS) is 9.41. The molecule has 17 heavy (non-hydrogen) atoms. The molecule has 0 aliphatic rings. The van der Waals surface area contributed by atoms with Gasteiger partial charge in [0.2, 0.25) is 0 Å². The van der Waals surface area contributed by atoms with Crippen LogP contribution in [0.15, 0.2) is 30.3 Å². The molecule has 1 aromatic carbocycles. The first-order chi connectivity index (χ1) is 8.27. The van der Waals surface area contributed by atoms with E-state index >= 15 is 0 Å². The zero-order valence-electron chi connectivity index (χ0n) is 9.67. The smallest absolute Gasteiger partial charge is 0.440 e. The molecule has 0 fully saturated rings. The Morgan fingerprint density at radius 2 is 2.18 bits per heavy atom. The highest BCUT2D eigenvalue weighted by Gasteiger charge is 2.25. The third-order valence-electron chi connectivity index (χ3n) is 2.10. The van der Waals surface area contributed by atoms with Gasteiger partial charge in [-0.05, 0) is 12.6 Å². The van der Waals surface area contributed by atoms with E-state index in [9.17, 15) is 4.79 Å². The molecule has 0 spiro atoms. The van der Waals surface area contributed by atoms with Crippen molar-refractivity contribution in [2.75, 3.05) is 20.1 Å². The molecule has 90 valence electrons. The number of ether oxygens (including phenoxy) is 1. The Morgan fingerprint density at radius 1 is 1.47 bits per heavy atom.